The van der Waals surface area contributed by atoms with Gasteiger partial charge in [-0.3, -0.25) is 4.79 Å². The summed E-state index contributed by atoms with van der Waals surface area (Å²) in [6.07, 6.45) is 1.71. The second kappa shape index (κ2) is 5.49. The van der Waals surface area contributed by atoms with Crippen LogP contribution in [0.5, 0.6) is 0 Å². The normalized spacial score (nSPS) is 22.0. The minimum absolute atomic E-state index is 0.00612. The largest absolute Gasteiger partial charge is 0.467 e. The van der Waals surface area contributed by atoms with Crippen LogP contribution in [0.4, 0.5) is 14.5 Å². The maximum atomic E-state index is 14.2. The van der Waals surface area contributed by atoms with E-state index in [4.69, 9.17) is 27.6 Å². The Balaban J connectivity index is 1.99. The average Bonchev–Trinajstić information content (AvgIpc) is 2.84. The Morgan fingerprint density at radius 2 is 2.04 bits per heavy atom. The van der Waals surface area contributed by atoms with E-state index in [1.165, 1.54) is 17.2 Å². The van der Waals surface area contributed by atoms with Gasteiger partial charge in [-0.2, -0.15) is 0 Å². The predicted octanol–water partition coefficient (Wildman–Crippen LogP) is 4.67. The highest BCUT2D eigenvalue weighted by Gasteiger charge is 2.69. The van der Waals surface area contributed by atoms with Crippen molar-refractivity contribution in [1.29, 1.82) is 0 Å². The third-order valence-corrected chi connectivity index (χ3v) is 5.17. The summed E-state index contributed by atoms with van der Waals surface area (Å²) in [6, 6.07) is 6.34. The first kappa shape index (κ1) is 16.3. The van der Waals surface area contributed by atoms with Crippen LogP contribution < -0.4 is 4.90 Å². The van der Waals surface area contributed by atoms with Gasteiger partial charge in [0, 0.05) is 6.07 Å². The lowest BCUT2D eigenvalue weighted by Gasteiger charge is -2.26. The van der Waals surface area contributed by atoms with Crippen LogP contribution in [0.2, 0.25) is 0 Å². The first-order chi connectivity index (χ1) is 10.7. The fraction of sp³-hybridized carbons (Fsp3) is 0.312. The zero-order valence-corrected chi connectivity index (χ0v) is 13.7. The zero-order chi connectivity index (χ0) is 16.8. The molecule has 3 rings (SSSR count). The molecule has 1 aromatic heterocycles. The maximum Gasteiger partial charge on any atom is 0.236 e. The van der Waals surface area contributed by atoms with Crippen LogP contribution >= 0.6 is 23.2 Å². The smallest absolute Gasteiger partial charge is 0.236 e. The van der Waals surface area contributed by atoms with Gasteiger partial charge in [-0.05, 0) is 37.6 Å². The summed E-state index contributed by atoms with van der Waals surface area (Å²) in [7, 11) is 0. The summed E-state index contributed by atoms with van der Waals surface area (Å²) in [6.45, 7) is 1.61. The number of nitrogens with zero attached hydrogens (tertiary/aromatic N) is 1. The lowest BCUT2D eigenvalue weighted by molar-refractivity contribution is -0.123. The molecule has 23 heavy (non-hydrogen) atoms. The molecule has 0 radical (unpaired) electrons. The van der Waals surface area contributed by atoms with Crippen LogP contribution in [0.15, 0.2) is 41.0 Å². The fourth-order valence-electron chi connectivity index (χ4n) is 2.45. The molecule has 1 heterocycles. The van der Waals surface area contributed by atoms with Gasteiger partial charge >= 0.3 is 0 Å². The van der Waals surface area contributed by atoms with Gasteiger partial charge in [0.05, 0.1) is 23.9 Å². The molecule has 0 spiro atoms. The standard InChI is InChI=1S/C16H13Cl2F2NO2/c1-15(9-16(15,17)18)14(22)21(8-11-3-2-6-23-11)13-5-4-10(19)7-12(13)20/h2-7H,8-9H2,1H3. The lowest BCUT2D eigenvalue weighted by atomic mass is 10.1. The SMILES string of the molecule is CC1(C(=O)N(Cc2ccco2)c2ccc(F)cc2F)CC1(Cl)Cl. The molecule has 1 aliphatic carbocycles. The summed E-state index contributed by atoms with van der Waals surface area (Å²) < 4.78 is 31.4. The Hall–Kier alpha value is -1.59. The van der Waals surface area contributed by atoms with Crippen LogP contribution in [0.3, 0.4) is 0 Å². The molecule has 0 bridgehead atoms. The number of anilines is 1. The molecule has 7 heteroatoms. The molecule has 122 valence electrons. The Bertz CT molecular complexity index is 749. The van der Waals surface area contributed by atoms with Crippen molar-refractivity contribution in [3.05, 3.63) is 54.0 Å². The van der Waals surface area contributed by atoms with Gasteiger partial charge in [0.1, 0.15) is 21.7 Å². The third-order valence-electron chi connectivity index (χ3n) is 4.07. The zero-order valence-electron chi connectivity index (χ0n) is 12.2. The van der Waals surface area contributed by atoms with E-state index in [-0.39, 0.29) is 18.7 Å². The molecule has 1 fully saturated rings. The van der Waals surface area contributed by atoms with Crippen LogP contribution in [0.25, 0.3) is 0 Å². The van der Waals surface area contributed by atoms with E-state index in [1.54, 1.807) is 19.1 Å². The minimum atomic E-state index is -1.19. The van der Waals surface area contributed by atoms with E-state index in [9.17, 15) is 13.6 Å². The van der Waals surface area contributed by atoms with Gasteiger partial charge in [0.2, 0.25) is 5.91 Å². The Labute approximate surface area is 141 Å². The summed E-state index contributed by atoms with van der Waals surface area (Å²) in [4.78, 5) is 14.0. The highest BCUT2D eigenvalue weighted by molar-refractivity contribution is 6.53. The van der Waals surface area contributed by atoms with Gasteiger partial charge in [-0.25, -0.2) is 8.78 Å². The number of carbonyl (C=O) groups is 1. The van der Waals surface area contributed by atoms with Crippen molar-refractivity contribution >= 4 is 34.8 Å². The molecule has 1 atom stereocenters. The Kier molecular flexibility index (Phi) is 3.89. The molecule has 3 nitrogen and oxygen atoms in total. The van der Waals surface area contributed by atoms with E-state index in [1.807, 2.05) is 0 Å². The lowest BCUT2D eigenvalue weighted by Crippen LogP contribution is -2.38. The van der Waals surface area contributed by atoms with E-state index < -0.39 is 27.3 Å². The van der Waals surface area contributed by atoms with Crippen LogP contribution in [-0.4, -0.2) is 10.2 Å². The topological polar surface area (TPSA) is 33.5 Å². The quantitative estimate of drug-likeness (QED) is 0.743. The number of alkyl halides is 2. The van der Waals surface area contributed by atoms with E-state index in [2.05, 4.69) is 0 Å². The first-order valence-corrected chi connectivity index (χ1v) is 7.67. The van der Waals surface area contributed by atoms with Crippen molar-refractivity contribution in [3.63, 3.8) is 0 Å². The molecule has 1 aliphatic rings. The second-order valence-electron chi connectivity index (χ2n) is 5.78. The molecule has 1 amide bonds. The van der Waals surface area contributed by atoms with Crippen molar-refractivity contribution in [1.82, 2.24) is 0 Å². The second-order valence-corrected chi connectivity index (χ2v) is 7.26. The van der Waals surface area contributed by atoms with Crippen molar-refractivity contribution in [2.45, 2.75) is 24.2 Å². The molecule has 1 saturated carbocycles. The number of amides is 1. The minimum Gasteiger partial charge on any atom is -0.467 e. The number of hydrogen-bond donors (Lipinski definition) is 0. The van der Waals surface area contributed by atoms with Gasteiger partial charge < -0.3 is 9.32 Å². The number of benzene rings is 1. The molecule has 1 unspecified atom stereocenters. The monoisotopic (exact) mass is 359 g/mol. The first-order valence-electron chi connectivity index (χ1n) is 6.92. The molecular formula is C16H13Cl2F2NO2. The highest BCUT2D eigenvalue weighted by Crippen LogP contribution is 2.64. The molecule has 0 aliphatic heterocycles. The van der Waals surface area contributed by atoms with Crippen molar-refractivity contribution in [3.8, 4) is 0 Å². The van der Waals surface area contributed by atoms with E-state index in [0.29, 0.717) is 5.76 Å². The summed E-state index contributed by atoms with van der Waals surface area (Å²) in [5.41, 5.74) is -1.08. The summed E-state index contributed by atoms with van der Waals surface area (Å²) >= 11 is 12.1. The summed E-state index contributed by atoms with van der Waals surface area (Å²) in [5, 5.41) is 0. The van der Waals surface area contributed by atoms with Crippen LogP contribution in [-0.2, 0) is 11.3 Å². The van der Waals surface area contributed by atoms with Gasteiger partial charge in [-0.15, -0.1) is 23.2 Å². The molecule has 0 N–H and O–H groups in total. The average molecular weight is 360 g/mol. The molecule has 2 aromatic rings. The van der Waals surface area contributed by atoms with E-state index >= 15 is 0 Å². The van der Waals surface area contributed by atoms with Crippen LogP contribution in [0, 0.1) is 17.0 Å². The number of halogens is 4. The number of rotatable bonds is 4. The van der Waals surface area contributed by atoms with Crippen molar-refractivity contribution < 1.29 is 18.0 Å². The number of hydrogen-bond acceptors (Lipinski definition) is 2. The van der Waals surface area contributed by atoms with E-state index in [0.717, 1.165) is 12.1 Å². The third kappa shape index (κ3) is 2.83. The maximum absolute atomic E-state index is 14.2. The van der Waals surface area contributed by atoms with Gasteiger partial charge in [-0.1, -0.05) is 0 Å². The number of carbonyl (C=O) groups excluding carboxylic acids is 1. The highest BCUT2D eigenvalue weighted by atomic mass is 35.5. The molecule has 1 aromatic carbocycles. The Morgan fingerprint density at radius 3 is 2.57 bits per heavy atom. The number of furan rings is 1. The predicted molar refractivity (Wildman–Crippen MR) is 83.4 cm³/mol. The van der Waals surface area contributed by atoms with Crippen molar-refractivity contribution in [2.75, 3.05) is 4.90 Å². The molecule has 0 saturated heterocycles. The van der Waals surface area contributed by atoms with Gasteiger partial charge in [0.25, 0.3) is 0 Å². The summed E-state index contributed by atoms with van der Waals surface area (Å²) in [5.74, 6) is -1.55. The Morgan fingerprint density at radius 1 is 1.35 bits per heavy atom. The fourth-order valence-corrected chi connectivity index (χ4v) is 3.15. The molecular weight excluding hydrogens is 347 g/mol. The van der Waals surface area contributed by atoms with Crippen molar-refractivity contribution in [2.24, 2.45) is 5.41 Å². The van der Waals surface area contributed by atoms with Crippen LogP contribution in [0.1, 0.15) is 19.1 Å². The van der Waals surface area contributed by atoms with Gasteiger partial charge in [0.15, 0.2) is 0 Å².